The molecule has 0 saturated carbocycles. The van der Waals surface area contributed by atoms with Crippen LogP contribution >= 0.6 is 0 Å². The third kappa shape index (κ3) is 6.54. The lowest BCUT2D eigenvalue weighted by atomic mass is 9.90. The Kier molecular flexibility index (Phi) is 8.15. The van der Waals surface area contributed by atoms with E-state index >= 15 is 0 Å². The van der Waals surface area contributed by atoms with Gasteiger partial charge >= 0.3 is 5.97 Å². The SMILES string of the molecule is CC(=O)Oc1cccc(C(=O)NCCCNC(=O)C(c2ccccc2)c2ccccc2)c1. The van der Waals surface area contributed by atoms with E-state index in [0.717, 1.165) is 11.1 Å². The Bertz CT molecular complexity index is 1010. The monoisotopic (exact) mass is 430 g/mol. The number of carbonyl (C=O) groups is 3. The molecular formula is C26H26N2O4. The van der Waals surface area contributed by atoms with Crippen LogP contribution in [0, 0.1) is 0 Å². The number of hydrogen-bond acceptors (Lipinski definition) is 4. The Labute approximate surface area is 187 Å². The van der Waals surface area contributed by atoms with Gasteiger partial charge in [0.1, 0.15) is 5.75 Å². The lowest BCUT2D eigenvalue weighted by Gasteiger charge is -2.18. The summed E-state index contributed by atoms with van der Waals surface area (Å²) in [7, 11) is 0. The number of rotatable bonds is 9. The third-order valence-corrected chi connectivity index (χ3v) is 4.82. The third-order valence-electron chi connectivity index (χ3n) is 4.82. The minimum atomic E-state index is -0.442. The molecule has 32 heavy (non-hydrogen) atoms. The summed E-state index contributed by atoms with van der Waals surface area (Å²) in [5, 5.41) is 5.79. The molecule has 3 rings (SSSR count). The molecule has 0 atom stereocenters. The quantitative estimate of drug-likeness (QED) is 0.308. The Morgan fingerprint density at radius 1 is 0.781 bits per heavy atom. The van der Waals surface area contributed by atoms with Crippen LogP contribution < -0.4 is 15.4 Å². The van der Waals surface area contributed by atoms with Crippen LogP contribution in [-0.2, 0) is 9.59 Å². The maximum absolute atomic E-state index is 12.9. The molecule has 0 spiro atoms. The molecule has 3 aromatic carbocycles. The van der Waals surface area contributed by atoms with Crippen LogP contribution in [0.3, 0.4) is 0 Å². The molecule has 0 aliphatic rings. The van der Waals surface area contributed by atoms with Gasteiger partial charge in [-0.1, -0.05) is 66.7 Å². The molecule has 0 heterocycles. The van der Waals surface area contributed by atoms with Gasteiger partial charge in [0.05, 0.1) is 5.92 Å². The van der Waals surface area contributed by atoms with Crippen LogP contribution in [0.5, 0.6) is 5.75 Å². The van der Waals surface area contributed by atoms with Crippen molar-refractivity contribution in [2.45, 2.75) is 19.3 Å². The van der Waals surface area contributed by atoms with Gasteiger partial charge in [0.25, 0.3) is 5.91 Å². The van der Waals surface area contributed by atoms with Gasteiger partial charge < -0.3 is 15.4 Å². The second kappa shape index (κ2) is 11.5. The molecular weight excluding hydrogens is 404 g/mol. The fraction of sp³-hybridized carbons (Fsp3) is 0.192. The number of hydrogen-bond donors (Lipinski definition) is 2. The topological polar surface area (TPSA) is 84.5 Å². The minimum Gasteiger partial charge on any atom is -0.427 e. The van der Waals surface area contributed by atoms with E-state index < -0.39 is 11.9 Å². The van der Waals surface area contributed by atoms with Crippen molar-refractivity contribution in [3.63, 3.8) is 0 Å². The lowest BCUT2D eigenvalue weighted by molar-refractivity contribution is -0.131. The number of nitrogens with one attached hydrogen (secondary N) is 2. The average molecular weight is 431 g/mol. The Balaban J connectivity index is 1.51. The zero-order chi connectivity index (χ0) is 22.8. The smallest absolute Gasteiger partial charge is 0.308 e. The van der Waals surface area contributed by atoms with E-state index in [2.05, 4.69) is 10.6 Å². The summed E-state index contributed by atoms with van der Waals surface area (Å²) in [4.78, 5) is 36.3. The Morgan fingerprint density at radius 3 is 1.97 bits per heavy atom. The van der Waals surface area contributed by atoms with Gasteiger partial charge in [-0.3, -0.25) is 14.4 Å². The number of carbonyl (C=O) groups excluding carboxylic acids is 3. The van der Waals surface area contributed by atoms with Gasteiger partial charge in [0.15, 0.2) is 0 Å². The second-order valence-electron chi connectivity index (χ2n) is 7.28. The highest BCUT2D eigenvalue weighted by Crippen LogP contribution is 2.24. The predicted octanol–water partition coefficient (Wildman–Crippen LogP) is 3.68. The largest absolute Gasteiger partial charge is 0.427 e. The second-order valence-corrected chi connectivity index (χ2v) is 7.28. The van der Waals surface area contributed by atoms with Crippen molar-refractivity contribution >= 4 is 17.8 Å². The molecule has 6 nitrogen and oxygen atoms in total. The molecule has 0 saturated heterocycles. The molecule has 0 unspecified atom stereocenters. The fourth-order valence-corrected chi connectivity index (χ4v) is 3.36. The number of esters is 1. The van der Waals surface area contributed by atoms with E-state index in [1.54, 1.807) is 18.2 Å². The number of benzene rings is 3. The van der Waals surface area contributed by atoms with E-state index in [1.165, 1.54) is 13.0 Å². The van der Waals surface area contributed by atoms with Crippen LogP contribution in [0.2, 0.25) is 0 Å². The normalized spacial score (nSPS) is 10.4. The summed E-state index contributed by atoms with van der Waals surface area (Å²) in [5.41, 5.74) is 2.26. The zero-order valence-electron chi connectivity index (χ0n) is 17.9. The molecule has 0 aliphatic carbocycles. The van der Waals surface area contributed by atoms with Gasteiger partial charge in [0.2, 0.25) is 5.91 Å². The van der Waals surface area contributed by atoms with Crippen molar-refractivity contribution in [3.8, 4) is 5.75 Å². The summed E-state index contributed by atoms with van der Waals surface area (Å²) in [6.45, 7) is 2.14. The highest BCUT2D eigenvalue weighted by molar-refractivity contribution is 5.94. The number of amides is 2. The van der Waals surface area contributed by atoms with Crippen molar-refractivity contribution in [1.29, 1.82) is 0 Å². The first-order chi connectivity index (χ1) is 15.5. The fourth-order valence-electron chi connectivity index (χ4n) is 3.36. The van der Waals surface area contributed by atoms with E-state index in [0.29, 0.717) is 30.8 Å². The minimum absolute atomic E-state index is 0.0807. The van der Waals surface area contributed by atoms with E-state index in [1.807, 2.05) is 60.7 Å². The van der Waals surface area contributed by atoms with Crippen LogP contribution in [0.25, 0.3) is 0 Å². The highest BCUT2D eigenvalue weighted by Gasteiger charge is 2.21. The first-order valence-electron chi connectivity index (χ1n) is 10.5. The molecule has 0 aliphatic heterocycles. The molecule has 2 amide bonds. The van der Waals surface area contributed by atoms with Gasteiger partial charge in [0, 0.05) is 25.6 Å². The van der Waals surface area contributed by atoms with Crippen molar-refractivity contribution in [2.24, 2.45) is 0 Å². The highest BCUT2D eigenvalue weighted by atomic mass is 16.5. The molecule has 0 bridgehead atoms. The van der Waals surface area contributed by atoms with Crippen molar-refractivity contribution in [2.75, 3.05) is 13.1 Å². The van der Waals surface area contributed by atoms with Gasteiger partial charge in [-0.15, -0.1) is 0 Å². The zero-order valence-corrected chi connectivity index (χ0v) is 17.9. The van der Waals surface area contributed by atoms with Gasteiger partial charge in [-0.2, -0.15) is 0 Å². The molecule has 164 valence electrons. The molecule has 0 fully saturated rings. The summed E-state index contributed by atoms with van der Waals surface area (Å²) in [6, 6.07) is 25.7. The van der Waals surface area contributed by atoms with Crippen molar-refractivity contribution in [3.05, 3.63) is 102 Å². The van der Waals surface area contributed by atoms with E-state index in [9.17, 15) is 14.4 Å². The van der Waals surface area contributed by atoms with E-state index in [4.69, 9.17) is 4.74 Å². The summed E-state index contributed by atoms with van der Waals surface area (Å²) < 4.78 is 5.00. The summed E-state index contributed by atoms with van der Waals surface area (Å²) in [6.07, 6.45) is 0.581. The van der Waals surface area contributed by atoms with Crippen LogP contribution in [-0.4, -0.2) is 30.9 Å². The first kappa shape index (κ1) is 22.7. The van der Waals surface area contributed by atoms with Crippen LogP contribution in [0.15, 0.2) is 84.9 Å². The molecule has 3 aromatic rings. The molecule has 6 heteroatoms. The summed E-state index contributed by atoms with van der Waals surface area (Å²) >= 11 is 0. The standard InChI is InChI=1S/C26H26N2O4/c1-19(29)32-23-15-8-14-22(18-23)25(30)27-16-9-17-28-26(31)24(20-10-4-2-5-11-20)21-12-6-3-7-13-21/h2-8,10-15,18,24H,9,16-17H2,1H3,(H,27,30)(H,28,31). The predicted molar refractivity (Wildman–Crippen MR) is 122 cm³/mol. The molecule has 0 aromatic heterocycles. The van der Waals surface area contributed by atoms with Crippen molar-refractivity contribution in [1.82, 2.24) is 10.6 Å². The Hall–Kier alpha value is -3.93. The van der Waals surface area contributed by atoms with E-state index in [-0.39, 0.29) is 11.8 Å². The van der Waals surface area contributed by atoms with Crippen LogP contribution in [0.1, 0.15) is 40.7 Å². The maximum Gasteiger partial charge on any atom is 0.308 e. The van der Waals surface area contributed by atoms with Crippen LogP contribution in [0.4, 0.5) is 0 Å². The van der Waals surface area contributed by atoms with Gasteiger partial charge in [-0.05, 0) is 35.7 Å². The van der Waals surface area contributed by atoms with Crippen molar-refractivity contribution < 1.29 is 19.1 Å². The Morgan fingerprint density at radius 2 is 1.38 bits per heavy atom. The molecule has 0 radical (unpaired) electrons. The average Bonchev–Trinajstić information content (AvgIpc) is 2.80. The maximum atomic E-state index is 12.9. The first-order valence-corrected chi connectivity index (χ1v) is 10.5. The number of ether oxygens (including phenoxy) is 1. The summed E-state index contributed by atoms with van der Waals surface area (Å²) in [5.74, 6) is -0.858. The van der Waals surface area contributed by atoms with Gasteiger partial charge in [-0.25, -0.2) is 0 Å². The molecule has 2 N–H and O–H groups in total. The lowest BCUT2D eigenvalue weighted by Crippen LogP contribution is -2.33.